The van der Waals surface area contributed by atoms with Crippen LogP contribution in [0.2, 0.25) is 0 Å². The van der Waals surface area contributed by atoms with Crippen molar-refractivity contribution in [1.82, 2.24) is 9.78 Å². The Morgan fingerprint density at radius 2 is 2.14 bits per heavy atom. The van der Waals surface area contributed by atoms with Gasteiger partial charge in [-0.2, -0.15) is 18.4 Å². The molecule has 5 nitrogen and oxygen atoms in total. The molecule has 2 aromatic rings. The van der Waals surface area contributed by atoms with Crippen molar-refractivity contribution in [2.75, 3.05) is 12.0 Å². The van der Waals surface area contributed by atoms with Crippen molar-refractivity contribution in [2.24, 2.45) is 0 Å². The van der Waals surface area contributed by atoms with Crippen LogP contribution in [-0.2, 0) is 23.9 Å². The maximum absolute atomic E-state index is 12.7. The fraction of sp³-hybridized carbons (Fsp3) is 0.231. The molecule has 116 valence electrons. The number of alkyl halides is 3. The lowest BCUT2D eigenvalue weighted by Gasteiger charge is -2.09. The van der Waals surface area contributed by atoms with Crippen molar-refractivity contribution in [1.29, 1.82) is 5.26 Å². The minimum atomic E-state index is -4.44. The van der Waals surface area contributed by atoms with Crippen molar-refractivity contribution in [2.45, 2.75) is 17.7 Å². The van der Waals surface area contributed by atoms with Gasteiger partial charge in [0.15, 0.2) is 5.56 Å². The van der Waals surface area contributed by atoms with E-state index in [0.29, 0.717) is 5.56 Å². The molecule has 0 aliphatic heterocycles. The zero-order valence-electron chi connectivity index (χ0n) is 11.4. The Hall–Kier alpha value is -2.18. The lowest BCUT2D eigenvalue weighted by molar-refractivity contribution is -0.137. The maximum atomic E-state index is 12.7. The van der Waals surface area contributed by atoms with Crippen LogP contribution in [-0.4, -0.2) is 20.6 Å². The molecule has 22 heavy (non-hydrogen) atoms. The average Bonchev–Trinajstić information content (AvgIpc) is 2.75. The molecule has 0 spiro atoms. The van der Waals surface area contributed by atoms with E-state index in [4.69, 9.17) is 11.0 Å². The van der Waals surface area contributed by atoms with E-state index in [2.05, 4.69) is 5.10 Å². The van der Waals surface area contributed by atoms with Crippen LogP contribution >= 0.6 is 0 Å². The number of rotatable bonds is 3. The zero-order chi connectivity index (χ0) is 16.5. The third-order valence-electron chi connectivity index (χ3n) is 2.93. The Labute approximate surface area is 127 Å². The number of hydrogen-bond donors (Lipinski definition) is 1. The quantitative estimate of drug-likeness (QED) is 0.874. The first-order valence-corrected chi connectivity index (χ1v) is 7.55. The standard InChI is InChI=1S/C13H11F3N4OS/c1-22(21)12-10(6-17)11(18)20(19-12)7-8-3-2-4-9(5-8)13(14,15)16/h2-5H,7,18H2,1H3. The number of nitrogens with zero attached hydrogens (tertiary/aromatic N) is 3. The third kappa shape index (κ3) is 3.18. The second-order valence-corrected chi connectivity index (χ2v) is 5.78. The van der Waals surface area contributed by atoms with Crippen LogP contribution in [0.25, 0.3) is 0 Å². The molecule has 0 aliphatic rings. The van der Waals surface area contributed by atoms with Crippen LogP contribution in [0.3, 0.4) is 0 Å². The molecule has 0 saturated heterocycles. The molecule has 0 radical (unpaired) electrons. The molecule has 2 rings (SSSR count). The van der Waals surface area contributed by atoms with Gasteiger partial charge in [0.1, 0.15) is 18.1 Å². The van der Waals surface area contributed by atoms with Gasteiger partial charge in [0, 0.05) is 11.2 Å². The maximum Gasteiger partial charge on any atom is 0.416 e. The van der Waals surface area contributed by atoms with E-state index in [9.17, 15) is 17.7 Å². The number of nitrogens with two attached hydrogens (primary N) is 1. The Balaban J connectivity index is 2.38. The first kappa shape index (κ1) is 16.2. The highest BCUT2D eigenvalue weighted by atomic mass is 32.2. The van der Waals surface area contributed by atoms with Gasteiger partial charge in [-0.3, -0.25) is 0 Å². The fourth-order valence-electron chi connectivity index (χ4n) is 1.90. The van der Waals surface area contributed by atoms with Gasteiger partial charge in [0.25, 0.3) is 5.03 Å². The predicted molar refractivity (Wildman–Crippen MR) is 74.2 cm³/mol. The summed E-state index contributed by atoms with van der Waals surface area (Å²) < 4.78 is 50.7. The topological polar surface area (TPSA) is 90.7 Å². The number of nitriles is 1. The van der Waals surface area contributed by atoms with Crippen LogP contribution < -0.4 is 5.73 Å². The Morgan fingerprint density at radius 1 is 1.45 bits per heavy atom. The van der Waals surface area contributed by atoms with E-state index >= 15 is 0 Å². The zero-order valence-corrected chi connectivity index (χ0v) is 12.2. The molecule has 1 aromatic heterocycles. The van der Waals surface area contributed by atoms with Crippen LogP contribution in [0.5, 0.6) is 0 Å². The Bertz CT molecular complexity index is 734. The minimum absolute atomic E-state index is 0.0203. The first-order chi connectivity index (χ1) is 10.2. The van der Waals surface area contributed by atoms with E-state index in [1.807, 2.05) is 0 Å². The number of halogens is 3. The number of nitrogen functional groups attached to an aromatic ring is 1. The molecule has 0 saturated carbocycles. The summed E-state index contributed by atoms with van der Waals surface area (Å²) in [5.74, 6) is -0.0230. The molecule has 0 amide bonds. The van der Waals surface area contributed by atoms with E-state index < -0.39 is 22.9 Å². The number of benzene rings is 1. The van der Waals surface area contributed by atoms with Gasteiger partial charge in [0.2, 0.25) is 0 Å². The summed E-state index contributed by atoms with van der Waals surface area (Å²) >= 11 is -1.52. The van der Waals surface area contributed by atoms with E-state index in [1.54, 1.807) is 6.07 Å². The van der Waals surface area contributed by atoms with E-state index in [0.717, 1.165) is 12.1 Å². The molecular formula is C13H11F3N4OS. The summed E-state index contributed by atoms with van der Waals surface area (Å²) in [4.78, 5) is 0. The molecular weight excluding hydrogens is 317 g/mol. The SMILES string of the molecule is C[S+]([O-])c1nn(Cc2cccc(C(F)(F)F)c2)c(N)c1C#N. The van der Waals surface area contributed by atoms with Gasteiger partial charge in [-0.05, 0) is 17.7 Å². The summed E-state index contributed by atoms with van der Waals surface area (Å²) in [5.41, 5.74) is 5.26. The summed E-state index contributed by atoms with van der Waals surface area (Å²) in [6.45, 7) is -0.0539. The molecule has 1 heterocycles. The fourth-order valence-corrected chi connectivity index (χ4v) is 2.55. The lowest BCUT2D eigenvalue weighted by Crippen LogP contribution is -2.09. The molecule has 9 heteroatoms. The summed E-state index contributed by atoms with van der Waals surface area (Å²) in [7, 11) is 0. The summed E-state index contributed by atoms with van der Waals surface area (Å²) in [5, 5.41) is 13.0. The third-order valence-corrected chi connectivity index (χ3v) is 3.76. The van der Waals surface area contributed by atoms with Gasteiger partial charge in [-0.1, -0.05) is 12.1 Å². The minimum Gasteiger partial charge on any atom is -0.610 e. The van der Waals surface area contributed by atoms with Crippen LogP contribution in [0, 0.1) is 11.3 Å². The number of aromatic nitrogens is 2. The Kier molecular flexibility index (Phi) is 4.35. The molecule has 1 unspecified atom stereocenters. The normalized spacial score (nSPS) is 12.9. The number of anilines is 1. The van der Waals surface area contributed by atoms with Crippen molar-refractivity contribution < 1.29 is 17.7 Å². The first-order valence-electron chi connectivity index (χ1n) is 6.00. The van der Waals surface area contributed by atoms with Crippen molar-refractivity contribution >= 4 is 17.0 Å². The van der Waals surface area contributed by atoms with E-state index in [1.165, 1.54) is 23.1 Å². The monoisotopic (exact) mass is 328 g/mol. The highest BCUT2D eigenvalue weighted by Crippen LogP contribution is 2.30. The van der Waals surface area contributed by atoms with Gasteiger partial charge in [-0.15, -0.1) is 5.10 Å². The largest absolute Gasteiger partial charge is 0.610 e. The van der Waals surface area contributed by atoms with Gasteiger partial charge >= 0.3 is 6.18 Å². The summed E-state index contributed by atoms with van der Waals surface area (Å²) in [6, 6.07) is 6.52. The molecule has 1 aromatic carbocycles. The highest BCUT2D eigenvalue weighted by Gasteiger charge is 2.30. The second-order valence-electron chi connectivity index (χ2n) is 4.49. The molecule has 0 fully saturated rings. The van der Waals surface area contributed by atoms with Gasteiger partial charge in [-0.25, -0.2) is 4.68 Å². The van der Waals surface area contributed by atoms with Crippen LogP contribution in [0.15, 0.2) is 29.3 Å². The molecule has 0 aliphatic carbocycles. The van der Waals surface area contributed by atoms with Gasteiger partial charge < -0.3 is 10.3 Å². The van der Waals surface area contributed by atoms with Crippen LogP contribution in [0.4, 0.5) is 19.0 Å². The number of hydrogen-bond acceptors (Lipinski definition) is 4. The lowest BCUT2D eigenvalue weighted by atomic mass is 10.1. The Morgan fingerprint density at radius 3 is 2.64 bits per heavy atom. The average molecular weight is 328 g/mol. The second kappa shape index (κ2) is 5.90. The predicted octanol–water partition coefficient (Wildman–Crippen LogP) is 2.14. The van der Waals surface area contributed by atoms with Crippen LogP contribution in [0.1, 0.15) is 16.7 Å². The van der Waals surface area contributed by atoms with Crippen molar-refractivity contribution in [3.8, 4) is 6.07 Å². The smallest absolute Gasteiger partial charge is 0.416 e. The van der Waals surface area contributed by atoms with Crippen molar-refractivity contribution in [3.63, 3.8) is 0 Å². The molecule has 0 bridgehead atoms. The highest BCUT2D eigenvalue weighted by molar-refractivity contribution is 7.90. The summed E-state index contributed by atoms with van der Waals surface area (Å²) in [6.07, 6.45) is -3.10. The molecule has 2 N–H and O–H groups in total. The van der Waals surface area contributed by atoms with E-state index in [-0.39, 0.29) is 23.0 Å². The van der Waals surface area contributed by atoms with Crippen molar-refractivity contribution in [3.05, 3.63) is 41.0 Å². The molecule has 1 atom stereocenters. The van der Waals surface area contributed by atoms with Gasteiger partial charge in [0.05, 0.1) is 12.1 Å².